The van der Waals surface area contributed by atoms with Crippen LogP contribution in [0.2, 0.25) is 0 Å². The van der Waals surface area contributed by atoms with Crippen LogP contribution in [0, 0.1) is 0 Å². The summed E-state index contributed by atoms with van der Waals surface area (Å²) in [5.74, 6) is 0.774. The molecule has 1 fully saturated rings. The number of aromatic nitrogens is 2. The zero-order valence-electron chi connectivity index (χ0n) is 15.8. The summed E-state index contributed by atoms with van der Waals surface area (Å²) in [4.78, 5) is 25.0. The fourth-order valence-electron chi connectivity index (χ4n) is 2.96. The number of rotatable bonds is 8. The summed E-state index contributed by atoms with van der Waals surface area (Å²) in [6.45, 7) is 6.02. The van der Waals surface area contributed by atoms with Crippen molar-refractivity contribution in [3.05, 3.63) is 54.0 Å². The van der Waals surface area contributed by atoms with Gasteiger partial charge in [-0.2, -0.15) is 0 Å². The quantitative estimate of drug-likeness (QED) is 0.761. The number of pyridine rings is 2. The van der Waals surface area contributed by atoms with E-state index in [4.69, 9.17) is 4.74 Å². The molecule has 0 aliphatic carbocycles. The predicted octanol–water partition coefficient (Wildman–Crippen LogP) is 1.54. The molecule has 2 aromatic rings. The molecule has 27 heavy (non-hydrogen) atoms. The van der Waals surface area contributed by atoms with Crippen LogP contribution in [-0.2, 0) is 11.2 Å². The third kappa shape index (κ3) is 6.01. The van der Waals surface area contributed by atoms with Gasteiger partial charge in [0.25, 0.3) is 5.91 Å². The minimum absolute atomic E-state index is 0.0172. The van der Waals surface area contributed by atoms with Crippen LogP contribution < -0.4 is 5.32 Å². The molecule has 0 unspecified atom stereocenters. The highest BCUT2D eigenvalue weighted by molar-refractivity contribution is 5.93. The molecule has 1 N–H and O–H groups in total. The summed E-state index contributed by atoms with van der Waals surface area (Å²) >= 11 is 0. The Labute approximate surface area is 160 Å². The Morgan fingerprint density at radius 1 is 1.22 bits per heavy atom. The second-order valence-electron chi connectivity index (χ2n) is 6.65. The van der Waals surface area contributed by atoms with Crippen molar-refractivity contribution in [3.8, 4) is 0 Å². The Balaban J connectivity index is 1.43. The molecule has 1 aliphatic rings. The van der Waals surface area contributed by atoms with Gasteiger partial charge >= 0.3 is 0 Å². The predicted molar refractivity (Wildman–Crippen MR) is 105 cm³/mol. The number of anilines is 1. The first-order chi connectivity index (χ1) is 13.2. The van der Waals surface area contributed by atoms with Crippen LogP contribution in [0.15, 0.2) is 42.9 Å². The molecular weight excluding hydrogens is 342 g/mol. The smallest absolute Gasteiger partial charge is 0.255 e. The first kappa shape index (κ1) is 19.3. The van der Waals surface area contributed by atoms with Crippen LogP contribution in [0.3, 0.4) is 0 Å². The maximum atomic E-state index is 12.5. The monoisotopic (exact) mass is 369 g/mol. The molecule has 0 spiro atoms. The number of ether oxygens (including phenoxy) is 1. The number of carbonyl (C=O) groups excluding carboxylic acids is 1. The summed E-state index contributed by atoms with van der Waals surface area (Å²) in [5.41, 5.74) is 1.77. The number of carbonyl (C=O) groups is 1. The summed E-state index contributed by atoms with van der Waals surface area (Å²) in [5, 5.41) is 3.31. The molecule has 144 valence electrons. The number of hydrogen-bond acceptors (Lipinski definition) is 6. The summed E-state index contributed by atoms with van der Waals surface area (Å²) in [7, 11) is 1.82. The van der Waals surface area contributed by atoms with Crippen molar-refractivity contribution in [2.24, 2.45) is 0 Å². The van der Waals surface area contributed by atoms with Gasteiger partial charge in [0.15, 0.2) is 0 Å². The minimum atomic E-state index is -0.0172. The van der Waals surface area contributed by atoms with Crippen LogP contribution >= 0.6 is 0 Å². The summed E-state index contributed by atoms with van der Waals surface area (Å²) < 4.78 is 5.35. The average molecular weight is 369 g/mol. The van der Waals surface area contributed by atoms with Gasteiger partial charge in [0.2, 0.25) is 0 Å². The highest BCUT2D eigenvalue weighted by Crippen LogP contribution is 2.08. The lowest BCUT2D eigenvalue weighted by Crippen LogP contribution is -2.39. The molecule has 0 bridgehead atoms. The van der Waals surface area contributed by atoms with Gasteiger partial charge in [0.05, 0.1) is 18.8 Å². The lowest BCUT2D eigenvalue weighted by Gasteiger charge is -2.26. The molecular formula is C20H27N5O2. The Morgan fingerprint density at radius 2 is 2.00 bits per heavy atom. The third-order valence-electron chi connectivity index (χ3n) is 4.68. The van der Waals surface area contributed by atoms with E-state index >= 15 is 0 Å². The van der Waals surface area contributed by atoms with E-state index in [-0.39, 0.29) is 5.91 Å². The number of nitrogens with zero attached hydrogens (tertiary/aromatic N) is 4. The number of amides is 1. The van der Waals surface area contributed by atoms with Crippen LogP contribution in [-0.4, -0.2) is 78.7 Å². The average Bonchev–Trinajstić information content (AvgIpc) is 2.73. The van der Waals surface area contributed by atoms with Gasteiger partial charge in [-0.1, -0.05) is 0 Å². The molecule has 2 aromatic heterocycles. The number of morpholine rings is 1. The molecule has 0 aromatic carbocycles. The van der Waals surface area contributed by atoms with E-state index in [0.29, 0.717) is 12.1 Å². The molecule has 1 amide bonds. The van der Waals surface area contributed by atoms with E-state index in [2.05, 4.69) is 20.2 Å². The molecule has 0 radical (unpaired) electrons. The van der Waals surface area contributed by atoms with E-state index < -0.39 is 0 Å². The van der Waals surface area contributed by atoms with Gasteiger partial charge in [0.1, 0.15) is 5.82 Å². The van der Waals surface area contributed by atoms with E-state index in [1.807, 2.05) is 31.3 Å². The lowest BCUT2D eigenvalue weighted by atomic mass is 10.2. The second-order valence-corrected chi connectivity index (χ2v) is 6.65. The second kappa shape index (κ2) is 9.99. The van der Waals surface area contributed by atoms with Crippen molar-refractivity contribution in [2.75, 3.05) is 58.3 Å². The zero-order chi connectivity index (χ0) is 18.9. The van der Waals surface area contributed by atoms with Crippen molar-refractivity contribution < 1.29 is 9.53 Å². The van der Waals surface area contributed by atoms with Gasteiger partial charge < -0.3 is 15.0 Å². The molecule has 1 saturated heterocycles. The topological polar surface area (TPSA) is 70.6 Å². The standard InChI is InChI=1S/C20H27N5O2/c1-24(10-6-17-4-7-21-8-5-17)20(26)18-2-3-19(23-16-18)22-9-11-25-12-14-27-15-13-25/h2-5,7-8,16H,6,9-15H2,1H3,(H,22,23). The highest BCUT2D eigenvalue weighted by Gasteiger charge is 2.13. The van der Waals surface area contributed by atoms with E-state index in [9.17, 15) is 4.79 Å². The lowest BCUT2D eigenvalue weighted by molar-refractivity contribution is 0.0398. The van der Waals surface area contributed by atoms with Crippen molar-refractivity contribution >= 4 is 11.7 Å². The first-order valence-corrected chi connectivity index (χ1v) is 9.37. The Bertz CT molecular complexity index is 702. The fraction of sp³-hybridized carbons (Fsp3) is 0.450. The van der Waals surface area contributed by atoms with Crippen LogP contribution in [0.5, 0.6) is 0 Å². The van der Waals surface area contributed by atoms with E-state index in [1.54, 1.807) is 23.5 Å². The minimum Gasteiger partial charge on any atom is -0.379 e. The van der Waals surface area contributed by atoms with Gasteiger partial charge in [-0.05, 0) is 36.2 Å². The van der Waals surface area contributed by atoms with Gasteiger partial charge in [-0.15, -0.1) is 0 Å². The molecule has 0 atom stereocenters. The van der Waals surface area contributed by atoms with Crippen molar-refractivity contribution in [2.45, 2.75) is 6.42 Å². The third-order valence-corrected chi connectivity index (χ3v) is 4.68. The van der Waals surface area contributed by atoms with E-state index in [1.165, 1.54) is 5.56 Å². The first-order valence-electron chi connectivity index (χ1n) is 9.37. The summed E-state index contributed by atoms with van der Waals surface area (Å²) in [6, 6.07) is 7.63. The number of nitrogens with one attached hydrogen (secondary N) is 1. The van der Waals surface area contributed by atoms with E-state index in [0.717, 1.165) is 51.6 Å². The normalized spacial score (nSPS) is 14.7. The van der Waals surface area contributed by atoms with Crippen LogP contribution in [0.1, 0.15) is 15.9 Å². The van der Waals surface area contributed by atoms with Gasteiger partial charge in [-0.3, -0.25) is 14.7 Å². The molecule has 7 heteroatoms. The Hall–Kier alpha value is -2.51. The Kier molecular flexibility index (Phi) is 7.12. The van der Waals surface area contributed by atoms with Crippen molar-refractivity contribution in [3.63, 3.8) is 0 Å². The largest absolute Gasteiger partial charge is 0.379 e. The molecule has 0 saturated carbocycles. The van der Waals surface area contributed by atoms with Crippen LogP contribution in [0.4, 0.5) is 5.82 Å². The van der Waals surface area contributed by atoms with Gasteiger partial charge in [0, 0.05) is 58.4 Å². The van der Waals surface area contributed by atoms with Crippen LogP contribution in [0.25, 0.3) is 0 Å². The molecule has 7 nitrogen and oxygen atoms in total. The number of hydrogen-bond donors (Lipinski definition) is 1. The molecule has 3 heterocycles. The van der Waals surface area contributed by atoms with Gasteiger partial charge in [-0.25, -0.2) is 4.98 Å². The SMILES string of the molecule is CN(CCc1ccncc1)C(=O)c1ccc(NCCN2CCOCC2)nc1. The molecule has 1 aliphatic heterocycles. The highest BCUT2D eigenvalue weighted by atomic mass is 16.5. The van der Waals surface area contributed by atoms with Crippen molar-refractivity contribution in [1.82, 2.24) is 19.8 Å². The maximum Gasteiger partial charge on any atom is 0.255 e. The fourth-order valence-corrected chi connectivity index (χ4v) is 2.96. The Morgan fingerprint density at radius 3 is 2.70 bits per heavy atom. The maximum absolute atomic E-state index is 12.5. The number of likely N-dealkylation sites (N-methyl/N-ethyl adjacent to an activating group) is 1. The summed E-state index contributed by atoms with van der Waals surface area (Å²) in [6.07, 6.45) is 5.99. The zero-order valence-corrected chi connectivity index (χ0v) is 15.8. The molecule has 3 rings (SSSR count). The van der Waals surface area contributed by atoms with Crippen molar-refractivity contribution in [1.29, 1.82) is 0 Å².